The van der Waals surface area contributed by atoms with Crippen molar-refractivity contribution in [1.82, 2.24) is 14.5 Å². The lowest BCUT2D eigenvalue weighted by atomic mass is 10.2. The van der Waals surface area contributed by atoms with Crippen LogP contribution in [0, 0.1) is 12.7 Å². The molecule has 1 fully saturated rings. The molecule has 1 aliphatic rings. The molecule has 1 aliphatic heterocycles. The number of carbonyl (C=O) groups excluding carboxylic acids is 1. The predicted octanol–water partition coefficient (Wildman–Crippen LogP) is 1.76. The molecule has 0 atom stereocenters. The van der Waals surface area contributed by atoms with Crippen LogP contribution in [0.5, 0.6) is 0 Å². The van der Waals surface area contributed by atoms with Gasteiger partial charge in [-0.15, -0.1) is 0 Å². The Morgan fingerprint density at radius 2 is 1.61 bits per heavy atom. The summed E-state index contributed by atoms with van der Waals surface area (Å²) in [7, 11) is -3.50. The monoisotopic (exact) mass is 405 g/mol. The Kier molecular flexibility index (Phi) is 6.43. The van der Waals surface area contributed by atoms with E-state index in [2.05, 4.69) is 5.32 Å². The van der Waals surface area contributed by atoms with Gasteiger partial charge in [-0.2, -0.15) is 4.31 Å². The highest BCUT2D eigenvalue weighted by Crippen LogP contribution is 2.18. The maximum Gasteiger partial charge on any atom is 0.243 e. The molecule has 3 rings (SSSR count). The summed E-state index contributed by atoms with van der Waals surface area (Å²) in [6, 6.07) is 12.8. The highest BCUT2D eigenvalue weighted by Gasteiger charge is 2.28. The summed E-state index contributed by atoms with van der Waals surface area (Å²) in [6.07, 6.45) is 0. The van der Waals surface area contributed by atoms with Crippen molar-refractivity contribution in [2.75, 3.05) is 32.7 Å². The van der Waals surface area contributed by atoms with E-state index in [1.165, 1.54) is 16.4 Å². The smallest absolute Gasteiger partial charge is 0.243 e. The molecule has 0 aliphatic carbocycles. The minimum Gasteiger partial charge on any atom is -0.351 e. The first-order valence-electron chi connectivity index (χ1n) is 9.15. The van der Waals surface area contributed by atoms with Crippen LogP contribution in [0.4, 0.5) is 4.39 Å². The standard InChI is InChI=1S/C20H24FN3O3S/c1-16-2-8-19(9-3-16)28(26,27)24-12-10-23(11-13-24)15-20(25)22-14-17-4-6-18(21)7-5-17/h2-9H,10-15H2,1H3,(H,22,25). The van der Waals surface area contributed by atoms with Gasteiger partial charge in [-0.3, -0.25) is 9.69 Å². The molecule has 1 N–H and O–H groups in total. The number of hydrogen-bond acceptors (Lipinski definition) is 4. The molecule has 8 heteroatoms. The van der Waals surface area contributed by atoms with Gasteiger partial charge in [0.15, 0.2) is 0 Å². The molecule has 150 valence electrons. The number of piperazine rings is 1. The van der Waals surface area contributed by atoms with E-state index in [0.29, 0.717) is 37.6 Å². The molecule has 0 unspecified atom stereocenters. The van der Waals surface area contributed by atoms with Crippen LogP contribution >= 0.6 is 0 Å². The van der Waals surface area contributed by atoms with Crippen molar-refractivity contribution >= 4 is 15.9 Å². The number of amides is 1. The van der Waals surface area contributed by atoms with Crippen LogP contribution in [-0.2, 0) is 21.4 Å². The normalized spacial score (nSPS) is 16.1. The van der Waals surface area contributed by atoms with Crippen molar-refractivity contribution in [2.24, 2.45) is 0 Å². The SMILES string of the molecule is Cc1ccc(S(=O)(=O)N2CCN(CC(=O)NCc3ccc(F)cc3)CC2)cc1. The van der Waals surface area contributed by atoms with Gasteiger partial charge in [0.2, 0.25) is 15.9 Å². The molecule has 0 spiro atoms. The van der Waals surface area contributed by atoms with E-state index in [1.54, 1.807) is 36.4 Å². The molecule has 0 radical (unpaired) electrons. The number of carbonyl (C=O) groups is 1. The summed E-state index contributed by atoms with van der Waals surface area (Å²) in [5.41, 5.74) is 1.83. The molecule has 0 aromatic heterocycles. The fourth-order valence-electron chi connectivity index (χ4n) is 3.05. The third-order valence-electron chi connectivity index (χ3n) is 4.76. The van der Waals surface area contributed by atoms with Crippen LogP contribution in [0.15, 0.2) is 53.4 Å². The van der Waals surface area contributed by atoms with Crippen molar-refractivity contribution in [1.29, 1.82) is 0 Å². The molecule has 1 saturated heterocycles. The Morgan fingerprint density at radius 3 is 2.21 bits per heavy atom. The Bertz CT molecular complexity index is 907. The minimum atomic E-state index is -3.50. The van der Waals surface area contributed by atoms with Crippen molar-refractivity contribution in [3.63, 3.8) is 0 Å². The topological polar surface area (TPSA) is 69.7 Å². The van der Waals surface area contributed by atoms with E-state index in [9.17, 15) is 17.6 Å². The van der Waals surface area contributed by atoms with Gasteiger partial charge in [-0.05, 0) is 36.8 Å². The zero-order valence-corrected chi connectivity index (χ0v) is 16.6. The molecule has 2 aromatic rings. The molecule has 1 amide bonds. The highest BCUT2D eigenvalue weighted by atomic mass is 32.2. The first-order valence-corrected chi connectivity index (χ1v) is 10.6. The van der Waals surface area contributed by atoms with Crippen LogP contribution < -0.4 is 5.32 Å². The lowest BCUT2D eigenvalue weighted by molar-refractivity contribution is -0.122. The second-order valence-electron chi connectivity index (χ2n) is 6.90. The van der Waals surface area contributed by atoms with Gasteiger partial charge < -0.3 is 5.32 Å². The average molecular weight is 405 g/mol. The van der Waals surface area contributed by atoms with Gasteiger partial charge in [0.25, 0.3) is 0 Å². The number of nitrogens with zero attached hydrogens (tertiary/aromatic N) is 2. The number of aryl methyl sites for hydroxylation is 1. The first kappa shape index (κ1) is 20.4. The fraction of sp³-hybridized carbons (Fsp3) is 0.350. The number of nitrogens with one attached hydrogen (secondary N) is 1. The fourth-order valence-corrected chi connectivity index (χ4v) is 4.47. The number of halogens is 1. The summed E-state index contributed by atoms with van der Waals surface area (Å²) in [5.74, 6) is -0.451. The van der Waals surface area contributed by atoms with Gasteiger partial charge >= 0.3 is 0 Å². The Morgan fingerprint density at radius 1 is 1.00 bits per heavy atom. The van der Waals surface area contributed by atoms with Crippen LogP contribution in [0.2, 0.25) is 0 Å². The largest absolute Gasteiger partial charge is 0.351 e. The highest BCUT2D eigenvalue weighted by molar-refractivity contribution is 7.89. The third kappa shape index (κ3) is 5.15. The number of benzene rings is 2. The second-order valence-corrected chi connectivity index (χ2v) is 8.83. The Labute approximate surface area is 165 Å². The van der Waals surface area contributed by atoms with E-state index in [4.69, 9.17) is 0 Å². The van der Waals surface area contributed by atoms with Gasteiger partial charge in [-0.25, -0.2) is 12.8 Å². The Balaban J connectivity index is 1.47. The van der Waals surface area contributed by atoms with Crippen molar-refractivity contribution in [3.05, 3.63) is 65.5 Å². The summed E-state index contributed by atoms with van der Waals surface area (Å²) in [5, 5.41) is 2.80. The first-order chi connectivity index (χ1) is 13.3. The van der Waals surface area contributed by atoms with E-state index in [-0.39, 0.29) is 18.3 Å². The molecular weight excluding hydrogens is 381 g/mol. The van der Waals surface area contributed by atoms with Gasteiger partial charge in [0.05, 0.1) is 11.4 Å². The van der Waals surface area contributed by atoms with E-state index in [1.807, 2.05) is 11.8 Å². The minimum absolute atomic E-state index is 0.140. The van der Waals surface area contributed by atoms with Crippen LogP contribution in [-0.4, -0.2) is 56.3 Å². The van der Waals surface area contributed by atoms with Gasteiger partial charge in [0.1, 0.15) is 5.82 Å². The summed E-state index contributed by atoms with van der Waals surface area (Å²) < 4.78 is 39.8. The average Bonchev–Trinajstić information content (AvgIpc) is 2.68. The lowest BCUT2D eigenvalue weighted by Crippen LogP contribution is -2.50. The summed E-state index contributed by atoms with van der Waals surface area (Å²) in [6.45, 7) is 4.14. The van der Waals surface area contributed by atoms with Crippen LogP contribution in [0.25, 0.3) is 0 Å². The molecule has 0 saturated carbocycles. The maximum atomic E-state index is 12.9. The zero-order chi connectivity index (χ0) is 20.1. The summed E-state index contributed by atoms with van der Waals surface area (Å²) >= 11 is 0. The third-order valence-corrected chi connectivity index (χ3v) is 6.67. The molecule has 6 nitrogen and oxygen atoms in total. The van der Waals surface area contributed by atoms with E-state index < -0.39 is 10.0 Å². The second kappa shape index (κ2) is 8.81. The van der Waals surface area contributed by atoms with E-state index in [0.717, 1.165) is 11.1 Å². The lowest BCUT2D eigenvalue weighted by Gasteiger charge is -2.33. The molecule has 28 heavy (non-hydrogen) atoms. The molecular formula is C20H24FN3O3S. The molecule has 1 heterocycles. The molecule has 2 aromatic carbocycles. The van der Waals surface area contributed by atoms with Crippen LogP contribution in [0.1, 0.15) is 11.1 Å². The molecule has 0 bridgehead atoms. The summed E-state index contributed by atoms with van der Waals surface area (Å²) in [4.78, 5) is 14.4. The zero-order valence-electron chi connectivity index (χ0n) is 15.8. The van der Waals surface area contributed by atoms with Crippen molar-refractivity contribution in [2.45, 2.75) is 18.4 Å². The predicted molar refractivity (Wildman–Crippen MR) is 105 cm³/mol. The number of hydrogen-bond donors (Lipinski definition) is 1. The van der Waals surface area contributed by atoms with Gasteiger partial charge in [-0.1, -0.05) is 29.8 Å². The van der Waals surface area contributed by atoms with Gasteiger partial charge in [0, 0.05) is 32.7 Å². The van der Waals surface area contributed by atoms with Crippen molar-refractivity contribution < 1.29 is 17.6 Å². The number of rotatable bonds is 6. The maximum absolute atomic E-state index is 12.9. The van der Waals surface area contributed by atoms with E-state index >= 15 is 0 Å². The number of sulfonamides is 1. The Hall–Kier alpha value is -2.29. The van der Waals surface area contributed by atoms with Crippen LogP contribution in [0.3, 0.4) is 0 Å². The quantitative estimate of drug-likeness (QED) is 0.795. The van der Waals surface area contributed by atoms with Crippen molar-refractivity contribution in [3.8, 4) is 0 Å².